The van der Waals surface area contributed by atoms with Crippen LogP contribution in [0, 0.1) is 0 Å². The fourth-order valence-electron chi connectivity index (χ4n) is 1.55. The molecule has 0 saturated carbocycles. The molecule has 1 atom stereocenters. The number of amides is 2. The Bertz CT molecular complexity index is 492. The molecule has 1 saturated heterocycles. The van der Waals surface area contributed by atoms with Gasteiger partial charge in [-0.05, 0) is 22.9 Å². The summed E-state index contributed by atoms with van der Waals surface area (Å²) in [5, 5.41) is 2.25. The summed E-state index contributed by atoms with van der Waals surface area (Å²) < 4.78 is 0.584. The van der Waals surface area contributed by atoms with Crippen LogP contribution in [-0.2, 0) is 9.59 Å². The molecule has 2 rings (SSSR count). The van der Waals surface area contributed by atoms with Crippen LogP contribution in [0.2, 0.25) is 0 Å². The number of aromatic nitrogens is 2. The maximum atomic E-state index is 11.5. The van der Waals surface area contributed by atoms with Crippen molar-refractivity contribution in [2.24, 2.45) is 0 Å². The Morgan fingerprint density at radius 2 is 2.29 bits per heavy atom. The minimum absolute atomic E-state index is 0.0575. The molecule has 0 radical (unpaired) electrons. The van der Waals surface area contributed by atoms with Crippen molar-refractivity contribution in [2.75, 3.05) is 17.2 Å². The molecule has 1 aromatic heterocycles. The van der Waals surface area contributed by atoms with Gasteiger partial charge in [-0.15, -0.1) is 0 Å². The van der Waals surface area contributed by atoms with Gasteiger partial charge in [0.05, 0.1) is 11.0 Å². The molecule has 2 heterocycles. The first-order valence-corrected chi connectivity index (χ1v) is 5.66. The minimum atomic E-state index is -0.488. The number of halogens is 1. The van der Waals surface area contributed by atoms with Crippen molar-refractivity contribution < 1.29 is 9.59 Å². The van der Waals surface area contributed by atoms with Crippen molar-refractivity contribution in [3.8, 4) is 0 Å². The first-order chi connectivity index (χ1) is 7.99. The van der Waals surface area contributed by atoms with Crippen LogP contribution in [0.15, 0.2) is 10.7 Å². The second-order valence-corrected chi connectivity index (χ2v) is 4.47. The van der Waals surface area contributed by atoms with E-state index in [1.807, 2.05) is 0 Å². The number of carbonyl (C=O) groups is 2. The minimum Gasteiger partial charge on any atom is -0.368 e. The Morgan fingerprint density at radius 1 is 1.59 bits per heavy atom. The summed E-state index contributed by atoms with van der Waals surface area (Å²) in [7, 11) is 0. The molecule has 90 valence electrons. The van der Waals surface area contributed by atoms with Gasteiger partial charge >= 0.3 is 0 Å². The van der Waals surface area contributed by atoms with Crippen molar-refractivity contribution >= 4 is 39.5 Å². The molecule has 8 heteroatoms. The zero-order valence-electron chi connectivity index (χ0n) is 8.98. The first-order valence-electron chi connectivity index (χ1n) is 4.87. The van der Waals surface area contributed by atoms with Gasteiger partial charge < -0.3 is 10.6 Å². The number of carbonyl (C=O) groups excluding carboxylic acids is 2. The van der Waals surface area contributed by atoms with E-state index in [4.69, 9.17) is 5.73 Å². The molecule has 0 spiro atoms. The molecular formula is C9H10BrN5O2. The van der Waals surface area contributed by atoms with Crippen molar-refractivity contribution in [1.82, 2.24) is 15.3 Å². The van der Waals surface area contributed by atoms with Gasteiger partial charge in [0, 0.05) is 6.20 Å². The van der Waals surface area contributed by atoms with Crippen molar-refractivity contribution in [3.05, 3.63) is 10.7 Å². The third-order valence-corrected chi connectivity index (χ3v) is 3.00. The standard InChI is InChI=1S/C9H10BrN5O2/c1-4-8(17)13-6(16)3-15(4)7-5(10)2-12-9(11)14-7/h2,4H,3H2,1H3,(H2,11,12,14)(H,13,16,17). The van der Waals surface area contributed by atoms with Crippen LogP contribution in [0.3, 0.4) is 0 Å². The van der Waals surface area contributed by atoms with Crippen LogP contribution in [0.5, 0.6) is 0 Å². The van der Waals surface area contributed by atoms with E-state index in [0.717, 1.165) is 0 Å². The maximum absolute atomic E-state index is 11.5. The zero-order chi connectivity index (χ0) is 12.6. The molecule has 1 unspecified atom stereocenters. The molecule has 0 aromatic carbocycles. The van der Waals surface area contributed by atoms with Crippen LogP contribution in [-0.4, -0.2) is 34.4 Å². The second-order valence-electron chi connectivity index (χ2n) is 3.62. The molecule has 7 nitrogen and oxygen atoms in total. The molecule has 1 aliphatic rings. The largest absolute Gasteiger partial charge is 0.368 e. The number of piperazine rings is 1. The number of nitrogens with one attached hydrogen (secondary N) is 1. The molecule has 1 aliphatic heterocycles. The number of nitrogens with zero attached hydrogens (tertiary/aromatic N) is 3. The van der Waals surface area contributed by atoms with Crippen LogP contribution < -0.4 is 16.0 Å². The van der Waals surface area contributed by atoms with Gasteiger partial charge in [-0.1, -0.05) is 0 Å². The van der Waals surface area contributed by atoms with Crippen LogP contribution >= 0.6 is 15.9 Å². The van der Waals surface area contributed by atoms with Gasteiger partial charge in [0.2, 0.25) is 17.8 Å². The summed E-state index contributed by atoms with van der Waals surface area (Å²) in [5.74, 6) is -0.190. The fraction of sp³-hybridized carbons (Fsp3) is 0.333. The monoisotopic (exact) mass is 299 g/mol. The average Bonchev–Trinajstić information content (AvgIpc) is 2.27. The van der Waals surface area contributed by atoms with E-state index in [1.165, 1.54) is 6.20 Å². The SMILES string of the molecule is CC1C(=O)NC(=O)CN1c1nc(N)ncc1Br. The van der Waals surface area contributed by atoms with E-state index < -0.39 is 6.04 Å². The lowest BCUT2D eigenvalue weighted by molar-refractivity contribution is -0.132. The van der Waals surface area contributed by atoms with Crippen LogP contribution in [0.4, 0.5) is 11.8 Å². The Balaban J connectivity index is 2.40. The number of nitrogen functional groups attached to an aromatic ring is 1. The molecule has 0 aliphatic carbocycles. The highest BCUT2D eigenvalue weighted by atomic mass is 79.9. The van der Waals surface area contributed by atoms with E-state index in [0.29, 0.717) is 10.3 Å². The molecular weight excluding hydrogens is 290 g/mol. The highest BCUT2D eigenvalue weighted by Gasteiger charge is 2.32. The average molecular weight is 300 g/mol. The Kier molecular flexibility index (Phi) is 2.97. The molecule has 2 amide bonds. The van der Waals surface area contributed by atoms with E-state index >= 15 is 0 Å². The second kappa shape index (κ2) is 4.28. The van der Waals surface area contributed by atoms with E-state index in [9.17, 15) is 9.59 Å². The maximum Gasteiger partial charge on any atom is 0.249 e. The third kappa shape index (κ3) is 2.21. The summed E-state index contributed by atoms with van der Waals surface area (Å²) in [4.78, 5) is 32.3. The highest BCUT2D eigenvalue weighted by molar-refractivity contribution is 9.10. The van der Waals surface area contributed by atoms with E-state index in [-0.39, 0.29) is 24.3 Å². The molecule has 3 N–H and O–H groups in total. The molecule has 17 heavy (non-hydrogen) atoms. The van der Waals surface area contributed by atoms with Crippen LogP contribution in [0.1, 0.15) is 6.92 Å². The normalized spacial score (nSPS) is 20.4. The Labute approximate surface area is 106 Å². The summed E-state index contributed by atoms with van der Waals surface area (Å²) in [5.41, 5.74) is 5.49. The van der Waals surface area contributed by atoms with Gasteiger partial charge in [0.1, 0.15) is 11.9 Å². The lowest BCUT2D eigenvalue weighted by atomic mass is 10.2. The van der Waals surface area contributed by atoms with Crippen LogP contribution in [0.25, 0.3) is 0 Å². The quantitative estimate of drug-likeness (QED) is 0.689. The first kappa shape index (κ1) is 11.8. The summed E-state index contributed by atoms with van der Waals surface area (Å²) >= 11 is 3.27. The predicted octanol–water partition coefficient (Wildman–Crippen LogP) is -0.327. The summed E-state index contributed by atoms with van der Waals surface area (Å²) in [6, 6.07) is -0.488. The van der Waals surface area contributed by atoms with Gasteiger partial charge in [0.25, 0.3) is 0 Å². The highest BCUT2D eigenvalue weighted by Crippen LogP contribution is 2.26. The van der Waals surface area contributed by atoms with Gasteiger partial charge in [-0.25, -0.2) is 4.98 Å². The Morgan fingerprint density at radius 3 is 3.00 bits per heavy atom. The van der Waals surface area contributed by atoms with Crippen molar-refractivity contribution in [2.45, 2.75) is 13.0 Å². The van der Waals surface area contributed by atoms with Gasteiger partial charge in [0.15, 0.2) is 0 Å². The number of hydrogen-bond donors (Lipinski definition) is 2. The number of hydrogen-bond acceptors (Lipinski definition) is 6. The number of imide groups is 1. The lowest BCUT2D eigenvalue weighted by Gasteiger charge is -2.32. The lowest BCUT2D eigenvalue weighted by Crippen LogP contribution is -2.57. The zero-order valence-corrected chi connectivity index (χ0v) is 10.6. The van der Waals surface area contributed by atoms with Crippen molar-refractivity contribution in [3.63, 3.8) is 0 Å². The smallest absolute Gasteiger partial charge is 0.249 e. The molecule has 1 fully saturated rings. The topological polar surface area (TPSA) is 101 Å². The van der Waals surface area contributed by atoms with Gasteiger partial charge in [-0.3, -0.25) is 14.9 Å². The molecule has 0 bridgehead atoms. The van der Waals surface area contributed by atoms with E-state index in [2.05, 4.69) is 31.2 Å². The fourth-order valence-corrected chi connectivity index (χ4v) is 1.96. The molecule has 1 aromatic rings. The number of nitrogens with two attached hydrogens (primary N) is 1. The predicted molar refractivity (Wildman–Crippen MR) is 64.1 cm³/mol. The van der Waals surface area contributed by atoms with E-state index in [1.54, 1.807) is 11.8 Å². The third-order valence-electron chi connectivity index (χ3n) is 2.44. The summed E-state index contributed by atoms with van der Waals surface area (Å²) in [6.45, 7) is 1.74. The summed E-state index contributed by atoms with van der Waals surface area (Å²) in [6.07, 6.45) is 1.49. The number of anilines is 2. The Hall–Kier alpha value is -1.70. The number of rotatable bonds is 1. The van der Waals surface area contributed by atoms with Gasteiger partial charge in [-0.2, -0.15) is 4.98 Å². The van der Waals surface area contributed by atoms with Crippen molar-refractivity contribution in [1.29, 1.82) is 0 Å².